The van der Waals surface area contributed by atoms with E-state index < -0.39 is 11.6 Å². The van der Waals surface area contributed by atoms with Gasteiger partial charge in [-0.25, -0.2) is 0 Å². The van der Waals surface area contributed by atoms with Gasteiger partial charge in [-0.3, -0.25) is 4.79 Å². The highest BCUT2D eigenvalue weighted by molar-refractivity contribution is 5.83. The molecule has 4 N–H and O–H groups in total. The van der Waals surface area contributed by atoms with E-state index in [4.69, 9.17) is 5.73 Å². The number of nitrogens with one attached hydrogen (secondary N) is 1. The first-order chi connectivity index (χ1) is 8.50. The van der Waals surface area contributed by atoms with Gasteiger partial charge < -0.3 is 16.2 Å². The molecule has 0 bridgehead atoms. The van der Waals surface area contributed by atoms with Crippen LogP contribution in [0.15, 0.2) is 24.3 Å². The molecule has 1 aromatic rings. The van der Waals surface area contributed by atoms with Gasteiger partial charge in [0.1, 0.15) is 6.04 Å². The number of carbonyl (C=O) groups excluding carboxylic acids is 1. The molecule has 1 aromatic carbocycles. The van der Waals surface area contributed by atoms with Crippen LogP contribution >= 0.6 is 0 Å². The maximum atomic E-state index is 11.9. The average molecular weight is 248 g/mol. The number of hydrogen-bond donors (Lipinski definition) is 3. The summed E-state index contributed by atoms with van der Waals surface area (Å²) < 4.78 is 0. The maximum Gasteiger partial charge on any atom is 0.241 e. The van der Waals surface area contributed by atoms with E-state index in [9.17, 15) is 9.90 Å². The number of hydrogen-bond acceptors (Lipinski definition) is 3. The molecule has 4 heteroatoms. The summed E-state index contributed by atoms with van der Waals surface area (Å²) in [6.45, 7) is 2.28. The van der Waals surface area contributed by atoms with E-state index in [0.717, 1.165) is 30.4 Å². The van der Waals surface area contributed by atoms with Crippen LogP contribution in [0, 0.1) is 6.92 Å². The summed E-state index contributed by atoms with van der Waals surface area (Å²) in [7, 11) is 0. The summed E-state index contributed by atoms with van der Waals surface area (Å²) in [5.74, 6) is -0.237. The molecular weight excluding hydrogens is 228 g/mol. The van der Waals surface area contributed by atoms with Crippen LogP contribution in [-0.4, -0.2) is 23.2 Å². The Labute approximate surface area is 107 Å². The van der Waals surface area contributed by atoms with Crippen molar-refractivity contribution in [3.05, 3.63) is 35.4 Å². The average Bonchev–Trinajstić information content (AvgIpc) is 2.33. The Morgan fingerprint density at radius 2 is 2.06 bits per heavy atom. The van der Waals surface area contributed by atoms with E-state index in [1.54, 1.807) is 0 Å². The zero-order chi connectivity index (χ0) is 13.2. The Morgan fingerprint density at radius 3 is 2.56 bits per heavy atom. The molecule has 98 valence electrons. The van der Waals surface area contributed by atoms with Gasteiger partial charge in [-0.2, -0.15) is 0 Å². The first-order valence-corrected chi connectivity index (χ1v) is 6.32. The van der Waals surface area contributed by atoms with E-state index in [1.807, 2.05) is 31.2 Å². The molecule has 0 heterocycles. The monoisotopic (exact) mass is 248 g/mol. The highest BCUT2D eigenvalue weighted by Crippen LogP contribution is 2.30. The normalized spacial score (nSPS) is 18.8. The fourth-order valence-corrected chi connectivity index (χ4v) is 2.05. The Morgan fingerprint density at radius 1 is 1.44 bits per heavy atom. The summed E-state index contributed by atoms with van der Waals surface area (Å²) in [6.07, 6.45) is 2.54. The van der Waals surface area contributed by atoms with Crippen LogP contribution in [0.5, 0.6) is 0 Å². The van der Waals surface area contributed by atoms with E-state index in [2.05, 4.69) is 5.32 Å². The Hall–Kier alpha value is -1.39. The smallest absolute Gasteiger partial charge is 0.241 e. The van der Waals surface area contributed by atoms with Crippen LogP contribution in [0.3, 0.4) is 0 Å². The SMILES string of the molecule is Cc1ccc(C(N)C(=O)NCC2(O)CCC2)cc1. The van der Waals surface area contributed by atoms with E-state index >= 15 is 0 Å². The fraction of sp³-hybridized carbons (Fsp3) is 0.500. The van der Waals surface area contributed by atoms with Gasteiger partial charge in [0.05, 0.1) is 5.60 Å². The number of aryl methyl sites for hydroxylation is 1. The minimum Gasteiger partial charge on any atom is -0.388 e. The van der Waals surface area contributed by atoms with Crippen molar-refractivity contribution in [1.82, 2.24) is 5.32 Å². The highest BCUT2D eigenvalue weighted by Gasteiger charge is 2.34. The van der Waals surface area contributed by atoms with Crippen molar-refractivity contribution in [2.45, 2.75) is 37.8 Å². The molecule has 1 amide bonds. The third-order valence-corrected chi connectivity index (χ3v) is 3.59. The number of aliphatic hydroxyl groups is 1. The van der Waals surface area contributed by atoms with Crippen molar-refractivity contribution in [1.29, 1.82) is 0 Å². The van der Waals surface area contributed by atoms with Crippen LogP contribution in [0.2, 0.25) is 0 Å². The van der Waals surface area contributed by atoms with Gasteiger partial charge in [0.2, 0.25) is 5.91 Å². The molecule has 0 aromatic heterocycles. The first-order valence-electron chi connectivity index (χ1n) is 6.32. The van der Waals surface area contributed by atoms with Gasteiger partial charge in [0, 0.05) is 6.54 Å². The van der Waals surface area contributed by atoms with Crippen LogP contribution in [0.1, 0.15) is 36.4 Å². The first kappa shape index (κ1) is 13.1. The van der Waals surface area contributed by atoms with E-state index in [1.165, 1.54) is 0 Å². The van der Waals surface area contributed by atoms with Gasteiger partial charge in [-0.15, -0.1) is 0 Å². The molecule has 0 spiro atoms. The zero-order valence-corrected chi connectivity index (χ0v) is 10.6. The molecule has 0 saturated heterocycles. The summed E-state index contributed by atoms with van der Waals surface area (Å²) in [5, 5.41) is 12.6. The van der Waals surface area contributed by atoms with Crippen molar-refractivity contribution in [2.75, 3.05) is 6.54 Å². The molecule has 18 heavy (non-hydrogen) atoms. The van der Waals surface area contributed by atoms with Crippen molar-refractivity contribution < 1.29 is 9.90 Å². The molecule has 4 nitrogen and oxygen atoms in total. The predicted molar refractivity (Wildman–Crippen MR) is 69.9 cm³/mol. The standard InChI is InChI=1S/C14H20N2O2/c1-10-3-5-11(6-4-10)12(15)13(17)16-9-14(18)7-2-8-14/h3-6,12,18H,2,7-9,15H2,1H3,(H,16,17). The molecular formula is C14H20N2O2. The molecule has 1 aliphatic rings. The number of rotatable bonds is 4. The minimum absolute atomic E-state index is 0.237. The van der Waals surface area contributed by atoms with Gasteiger partial charge in [-0.05, 0) is 31.7 Å². The predicted octanol–water partition coefficient (Wildman–Crippen LogP) is 1.03. The topological polar surface area (TPSA) is 75.4 Å². The summed E-state index contributed by atoms with van der Waals surface area (Å²) in [5.41, 5.74) is 7.10. The van der Waals surface area contributed by atoms with Crippen molar-refractivity contribution in [3.8, 4) is 0 Å². The lowest BCUT2D eigenvalue weighted by atomic mass is 9.80. The van der Waals surface area contributed by atoms with Crippen LogP contribution in [0.4, 0.5) is 0 Å². The summed E-state index contributed by atoms with van der Waals surface area (Å²) in [4.78, 5) is 11.9. The molecule has 1 saturated carbocycles. The number of amides is 1. The van der Waals surface area contributed by atoms with E-state index in [-0.39, 0.29) is 5.91 Å². The van der Waals surface area contributed by atoms with Crippen LogP contribution in [0.25, 0.3) is 0 Å². The van der Waals surface area contributed by atoms with Crippen LogP contribution in [-0.2, 0) is 4.79 Å². The molecule has 1 atom stereocenters. The molecule has 0 aliphatic heterocycles. The van der Waals surface area contributed by atoms with Crippen molar-refractivity contribution >= 4 is 5.91 Å². The second-order valence-electron chi connectivity index (χ2n) is 5.18. The Kier molecular flexibility index (Phi) is 3.68. The molecule has 2 rings (SSSR count). The van der Waals surface area contributed by atoms with Gasteiger partial charge >= 0.3 is 0 Å². The lowest BCUT2D eigenvalue weighted by molar-refractivity contribution is -0.124. The summed E-state index contributed by atoms with van der Waals surface area (Å²) >= 11 is 0. The third kappa shape index (κ3) is 2.89. The van der Waals surface area contributed by atoms with Crippen molar-refractivity contribution in [3.63, 3.8) is 0 Å². The molecule has 1 fully saturated rings. The number of nitrogens with two attached hydrogens (primary N) is 1. The fourth-order valence-electron chi connectivity index (χ4n) is 2.05. The second-order valence-corrected chi connectivity index (χ2v) is 5.18. The lowest BCUT2D eigenvalue weighted by Crippen LogP contribution is -2.49. The summed E-state index contributed by atoms with van der Waals surface area (Å²) in [6, 6.07) is 6.91. The largest absolute Gasteiger partial charge is 0.388 e. The van der Waals surface area contributed by atoms with Gasteiger partial charge in [0.25, 0.3) is 0 Å². The minimum atomic E-state index is -0.706. The second kappa shape index (κ2) is 5.08. The van der Waals surface area contributed by atoms with Crippen LogP contribution < -0.4 is 11.1 Å². The Balaban J connectivity index is 1.90. The number of benzene rings is 1. The maximum absolute atomic E-state index is 11.9. The molecule has 1 aliphatic carbocycles. The van der Waals surface area contributed by atoms with E-state index in [0.29, 0.717) is 6.54 Å². The number of carbonyl (C=O) groups is 1. The van der Waals surface area contributed by atoms with Gasteiger partial charge in [0.15, 0.2) is 0 Å². The molecule has 1 unspecified atom stereocenters. The highest BCUT2D eigenvalue weighted by atomic mass is 16.3. The van der Waals surface area contributed by atoms with Crippen molar-refractivity contribution in [2.24, 2.45) is 5.73 Å². The third-order valence-electron chi connectivity index (χ3n) is 3.59. The van der Waals surface area contributed by atoms with Gasteiger partial charge in [-0.1, -0.05) is 29.8 Å². The molecule has 0 radical (unpaired) electrons. The Bertz CT molecular complexity index is 424. The quantitative estimate of drug-likeness (QED) is 0.745. The zero-order valence-electron chi connectivity index (χ0n) is 10.6. The lowest BCUT2D eigenvalue weighted by Gasteiger charge is -2.36.